The monoisotopic (exact) mass is 650 g/mol. The largest absolute Gasteiger partial charge is 0.456 e. The summed E-state index contributed by atoms with van der Waals surface area (Å²) in [6.07, 6.45) is 2.79. The van der Waals surface area contributed by atoms with E-state index in [0.29, 0.717) is 23.5 Å². The van der Waals surface area contributed by atoms with Crippen molar-refractivity contribution in [2.75, 3.05) is 4.90 Å². The Labute approximate surface area is 288 Å². The molecule has 5 aromatic carbocycles. The molecule has 0 unspecified atom stereocenters. The van der Waals surface area contributed by atoms with Crippen molar-refractivity contribution in [3.8, 4) is 22.3 Å². The Balaban J connectivity index is 1.46. The van der Waals surface area contributed by atoms with Crippen molar-refractivity contribution in [3.05, 3.63) is 138 Å². The van der Waals surface area contributed by atoms with Crippen LogP contribution in [0.4, 0.5) is 16.2 Å². The van der Waals surface area contributed by atoms with E-state index in [0.717, 1.165) is 63.9 Å². The first kappa shape index (κ1) is 33.2. The maximum absolute atomic E-state index is 13.6. The van der Waals surface area contributed by atoms with Gasteiger partial charge in [-0.05, 0) is 79.8 Å². The SMILES string of the molecule is CCCCc1nc2ccc(N(C(N)=O)c3ccccc3-c3ccccc3)cc2n1Cc1ccc(-c2ccccc2)c(C(=O)OC(C)(C)C)c1. The van der Waals surface area contributed by atoms with Crippen LogP contribution in [0.25, 0.3) is 33.3 Å². The summed E-state index contributed by atoms with van der Waals surface area (Å²) in [6.45, 7) is 8.26. The number of aryl methyl sites for hydroxylation is 1. The fourth-order valence-corrected chi connectivity index (χ4v) is 6.16. The van der Waals surface area contributed by atoms with Gasteiger partial charge in [0.1, 0.15) is 11.4 Å². The van der Waals surface area contributed by atoms with Crippen LogP contribution >= 0.6 is 0 Å². The number of benzene rings is 5. The Morgan fingerprint density at radius 3 is 2.10 bits per heavy atom. The minimum absolute atomic E-state index is 0.369. The Kier molecular flexibility index (Phi) is 9.63. The molecule has 0 spiro atoms. The summed E-state index contributed by atoms with van der Waals surface area (Å²) in [5, 5.41) is 0. The molecule has 0 atom stereocenters. The lowest BCUT2D eigenvalue weighted by atomic mass is 9.97. The van der Waals surface area contributed by atoms with E-state index in [2.05, 4.69) is 17.6 Å². The molecule has 0 saturated carbocycles. The summed E-state index contributed by atoms with van der Waals surface area (Å²) in [7, 11) is 0. The number of imidazole rings is 1. The maximum Gasteiger partial charge on any atom is 0.339 e. The third-order valence-corrected chi connectivity index (χ3v) is 8.40. The molecule has 2 N–H and O–H groups in total. The molecular weight excluding hydrogens is 608 g/mol. The van der Waals surface area contributed by atoms with Crippen molar-refractivity contribution >= 4 is 34.4 Å². The first-order valence-electron chi connectivity index (χ1n) is 16.8. The van der Waals surface area contributed by atoms with Crippen molar-refractivity contribution < 1.29 is 14.3 Å². The molecule has 0 aliphatic heterocycles. The zero-order valence-corrected chi connectivity index (χ0v) is 28.5. The van der Waals surface area contributed by atoms with Gasteiger partial charge in [0.2, 0.25) is 0 Å². The van der Waals surface area contributed by atoms with E-state index >= 15 is 0 Å². The number of primary amides is 1. The lowest BCUT2D eigenvalue weighted by Gasteiger charge is -2.24. The molecule has 1 aromatic heterocycles. The average molecular weight is 651 g/mol. The number of anilines is 2. The predicted molar refractivity (Wildman–Crippen MR) is 198 cm³/mol. The number of fused-ring (bicyclic) bond motifs is 1. The average Bonchev–Trinajstić information content (AvgIpc) is 3.43. The van der Waals surface area contributed by atoms with Gasteiger partial charge in [0.25, 0.3) is 0 Å². The van der Waals surface area contributed by atoms with Crippen molar-refractivity contribution in [1.29, 1.82) is 0 Å². The van der Waals surface area contributed by atoms with Gasteiger partial charge in [0.15, 0.2) is 0 Å². The lowest BCUT2D eigenvalue weighted by molar-refractivity contribution is 0.00702. The summed E-state index contributed by atoms with van der Waals surface area (Å²) in [5.74, 6) is 0.571. The van der Waals surface area contributed by atoms with Gasteiger partial charge in [-0.3, -0.25) is 4.90 Å². The van der Waals surface area contributed by atoms with Crippen LogP contribution in [0.15, 0.2) is 121 Å². The first-order chi connectivity index (χ1) is 23.6. The quantitative estimate of drug-likeness (QED) is 0.149. The highest BCUT2D eigenvalue weighted by Crippen LogP contribution is 2.37. The van der Waals surface area contributed by atoms with E-state index in [1.54, 1.807) is 4.90 Å². The van der Waals surface area contributed by atoms with Gasteiger partial charge in [-0.15, -0.1) is 0 Å². The van der Waals surface area contributed by atoms with Crippen LogP contribution < -0.4 is 10.6 Å². The van der Waals surface area contributed by atoms with E-state index < -0.39 is 11.6 Å². The molecular formula is C42H42N4O3. The van der Waals surface area contributed by atoms with Gasteiger partial charge in [-0.1, -0.05) is 104 Å². The minimum atomic E-state index is -0.642. The van der Waals surface area contributed by atoms with Gasteiger partial charge in [-0.2, -0.15) is 0 Å². The zero-order valence-electron chi connectivity index (χ0n) is 28.5. The smallest absolute Gasteiger partial charge is 0.339 e. The van der Waals surface area contributed by atoms with E-state index in [1.165, 1.54) is 0 Å². The molecule has 1 heterocycles. The standard InChI is InChI=1S/C42H42N4O3/c1-5-6-21-39-44-36-25-23-32(46(41(43)48)37-20-14-13-19-34(37)31-17-11-8-12-18-31)27-38(36)45(39)28-29-22-24-33(30-15-9-7-10-16-30)35(26-29)40(47)49-42(2,3)4/h7-20,22-27H,5-6,21,28H2,1-4H3,(H2,43,48). The number of carbonyl (C=O) groups is 2. The Morgan fingerprint density at radius 2 is 1.45 bits per heavy atom. The molecule has 0 bridgehead atoms. The molecule has 7 heteroatoms. The number of rotatable bonds is 10. The molecule has 2 amide bonds. The third-order valence-electron chi connectivity index (χ3n) is 8.40. The number of nitrogens with zero attached hydrogens (tertiary/aromatic N) is 3. The first-order valence-corrected chi connectivity index (χ1v) is 16.8. The van der Waals surface area contributed by atoms with Gasteiger partial charge >= 0.3 is 12.0 Å². The number of para-hydroxylation sites is 1. The maximum atomic E-state index is 13.6. The van der Waals surface area contributed by atoms with Crippen LogP contribution in [0, 0.1) is 0 Å². The highest BCUT2D eigenvalue weighted by Gasteiger charge is 2.24. The van der Waals surface area contributed by atoms with Gasteiger partial charge in [-0.25, -0.2) is 14.6 Å². The van der Waals surface area contributed by atoms with Crippen LogP contribution in [-0.4, -0.2) is 27.2 Å². The van der Waals surface area contributed by atoms with Gasteiger partial charge < -0.3 is 15.0 Å². The topological polar surface area (TPSA) is 90.5 Å². The van der Waals surface area contributed by atoms with E-state index in [4.69, 9.17) is 15.5 Å². The van der Waals surface area contributed by atoms with Gasteiger partial charge in [0.05, 0.1) is 28.0 Å². The number of hydrogen-bond acceptors (Lipinski definition) is 4. The highest BCUT2D eigenvalue weighted by molar-refractivity contribution is 6.03. The summed E-state index contributed by atoms with van der Waals surface area (Å²) < 4.78 is 8.05. The van der Waals surface area contributed by atoms with E-state index in [9.17, 15) is 9.59 Å². The fourth-order valence-electron chi connectivity index (χ4n) is 6.16. The minimum Gasteiger partial charge on any atom is -0.456 e. The molecule has 0 fully saturated rings. The second-order valence-electron chi connectivity index (χ2n) is 13.2. The van der Waals surface area contributed by atoms with Crippen LogP contribution in [0.5, 0.6) is 0 Å². The van der Waals surface area contributed by atoms with Crippen molar-refractivity contribution in [2.45, 2.75) is 59.1 Å². The van der Waals surface area contributed by atoms with Crippen LogP contribution in [0.1, 0.15) is 62.3 Å². The van der Waals surface area contributed by atoms with Crippen molar-refractivity contribution in [3.63, 3.8) is 0 Å². The molecule has 0 radical (unpaired) electrons. The summed E-state index contributed by atoms with van der Waals surface area (Å²) in [4.78, 5) is 33.4. The van der Waals surface area contributed by atoms with Crippen LogP contribution in [0.2, 0.25) is 0 Å². The molecule has 0 saturated heterocycles. The molecule has 6 aromatic rings. The van der Waals surface area contributed by atoms with E-state index in [1.807, 2.05) is 136 Å². The number of esters is 1. The number of aromatic nitrogens is 2. The van der Waals surface area contributed by atoms with E-state index in [-0.39, 0.29) is 5.97 Å². The Hall–Kier alpha value is -5.69. The summed E-state index contributed by atoms with van der Waals surface area (Å²) >= 11 is 0. The number of nitrogens with two attached hydrogens (primary N) is 1. The van der Waals surface area contributed by atoms with Crippen LogP contribution in [0.3, 0.4) is 0 Å². The number of ether oxygens (including phenoxy) is 1. The second kappa shape index (κ2) is 14.2. The Morgan fingerprint density at radius 1 is 0.796 bits per heavy atom. The number of unbranched alkanes of at least 4 members (excludes halogenated alkanes) is 1. The highest BCUT2D eigenvalue weighted by atomic mass is 16.6. The second-order valence-corrected chi connectivity index (χ2v) is 13.2. The van der Waals surface area contributed by atoms with Crippen molar-refractivity contribution in [1.82, 2.24) is 9.55 Å². The van der Waals surface area contributed by atoms with Crippen molar-refractivity contribution in [2.24, 2.45) is 5.73 Å². The number of urea groups is 1. The molecule has 0 aliphatic carbocycles. The Bertz CT molecular complexity index is 2100. The molecule has 6 rings (SSSR count). The molecule has 7 nitrogen and oxygen atoms in total. The predicted octanol–water partition coefficient (Wildman–Crippen LogP) is 9.93. The van der Waals surface area contributed by atoms with Gasteiger partial charge in [0, 0.05) is 18.5 Å². The van der Waals surface area contributed by atoms with Crippen LogP contribution in [-0.2, 0) is 17.7 Å². The number of hydrogen-bond donors (Lipinski definition) is 1. The summed E-state index contributed by atoms with van der Waals surface area (Å²) in [5.41, 5.74) is 13.6. The number of amides is 2. The third kappa shape index (κ3) is 7.41. The zero-order chi connectivity index (χ0) is 34.5. The summed E-state index contributed by atoms with van der Waals surface area (Å²) in [6, 6.07) is 38.8. The molecule has 0 aliphatic rings. The molecule has 49 heavy (non-hydrogen) atoms. The molecule has 248 valence electrons. The lowest BCUT2D eigenvalue weighted by Crippen LogP contribution is -2.31. The fraction of sp³-hybridized carbons (Fsp3) is 0.214. The normalized spacial score (nSPS) is 11.4. The number of carbonyl (C=O) groups excluding carboxylic acids is 2.